The number of aldehydes is 2. The topological polar surface area (TPSA) is 144 Å². The number of nitrogens with one attached hydrogen (secondary N) is 4. The van der Waals surface area contributed by atoms with E-state index in [9.17, 15) is 19.2 Å². The number of carbonyl (C=O) groups is 4. The van der Waals surface area contributed by atoms with E-state index in [4.69, 9.17) is 4.74 Å². The Morgan fingerprint density at radius 3 is 2.25 bits per heavy atom. The van der Waals surface area contributed by atoms with Gasteiger partial charge in [-0.15, -0.1) is 0 Å². The van der Waals surface area contributed by atoms with Crippen LogP contribution in [0.4, 0.5) is 28.4 Å². The maximum atomic E-state index is 13.4. The lowest BCUT2D eigenvalue weighted by Crippen LogP contribution is -2.39. The third kappa shape index (κ3) is 12.5. The second kappa shape index (κ2) is 22.1. The van der Waals surface area contributed by atoms with Crippen LogP contribution in [0.2, 0.25) is 0 Å². The number of amides is 2. The number of benzene rings is 3. The number of hydrogen-bond acceptors (Lipinski definition) is 10. The van der Waals surface area contributed by atoms with Gasteiger partial charge in [-0.05, 0) is 100 Å². The quantitative estimate of drug-likeness (QED) is 0.0329. The number of anilines is 4. The molecule has 12 heteroatoms. The number of carbonyl (C=O) groups excluding carboxylic acids is 4. The van der Waals surface area contributed by atoms with Crippen LogP contribution in [0.15, 0.2) is 65.7 Å². The van der Waals surface area contributed by atoms with Gasteiger partial charge in [-0.2, -0.15) is 0 Å². The van der Waals surface area contributed by atoms with E-state index in [2.05, 4.69) is 37.9 Å². The average Bonchev–Trinajstić information content (AvgIpc) is 3.71. The monoisotopic (exact) mass is 725 g/mol. The van der Waals surface area contributed by atoms with Gasteiger partial charge in [0.05, 0.1) is 16.9 Å². The summed E-state index contributed by atoms with van der Waals surface area (Å²) in [5.74, 6) is -0.524. The first kappa shape index (κ1) is 40.7. The van der Waals surface area contributed by atoms with Crippen molar-refractivity contribution in [1.29, 1.82) is 0 Å². The van der Waals surface area contributed by atoms with Crippen LogP contribution in [0.5, 0.6) is 0 Å². The number of rotatable bonds is 24. The number of ether oxygens (including phenoxy) is 1. The SMILES string of the molecule is C=Nc1cc(NC(=O)c2ccc(NCCCCCCCNc3cccc(C=O)c3C(=O)N(C)C(CCC=O)OC)cc2)ccc1NCCN1CCCC1. The van der Waals surface area contributed by atoms with E-state index in [0.29, 0.717) is 53.0 Å². The fourth-order valence-corrected chi connectivity index (χ4v) is 6.47. The predicted molar refractivity (Wildman–Crippen MR) is 214 cm³/mol. The summed E-state index contributed by atoms with van der Waals surface area (Å²) in [6.45, 7) is 9.35. The van der Waals surface area contributed by atoms with Gasteiger partial charge in [-0.1, -0.05) is 31.4 Å². The van der Waals surface area contributed by atoms with Crippen molar-refractivity contribution in [1.82, 2.24) is 9.80 Å². The molecule has 3 aromatic carbocycles. The highest BCUT2D eigenvalue weighted by Gasteiger charge is 2.25. The minimum absolute atomic E-state index is 0.187. The third-order valence-electron chi connectivity index (χ3n) is 9.51. The Hall–Kier alpha value is -5.07. The van der Waals surface area contributed by atoms with Gasteiger partial charge in [0, 0.05) is 74.9 Å². The molecule has 53 heavy (non-hydrogen) atoms. The summed E-state index contributed by atoms with van der Waals surface area (Å²) < 4.78 is 5.42. The van der Waals surface area contributed by atoms with Gasteiger partial charge in [-0.3, -0.25) is 19.4 Å². The highest BCUT2D eigenvalue weighted by atomic mass is 16.5. The van der Waals surface area contributed by atoms with E-state index in [1.165, 1.54) is 24.9 Å². The van der Waals surface area contributed by atoms with E-state index in [1.807, 2.05) is 42.5 Å². The van der Waals surface area contributed by atoms with Crippen LogP contribution in [0.3, 0.4) is 0 Å². The van der Waals surface area contributed by atoms with Crippen LogP contribution in [0.1, 0.15) is 88.9 Å². The van der Waals surface area contributed by atoms with E-state index in [0.717, 1.165) is 82.5 Å². The summed E-state index contributed by atoms with van der Waals surface area (Å²) in [4.78, 5) is 57.0. The second-order valence-electron chi connectivity index (χ2n) is 13.3. The van der Waals surface area contributed by atoms with Gasteiger partial charge in [0.1, 0.15) is 12.5 Å². The van der Waals surface area contributed by atoms with Gasteiger partial charge in [0.15, 0.2) is 6.29 Å². The first-order chi connectivity index (χ1) is 25.9. The Bertz CT molecular complexity index is 1640. The molecule has 1 aliphatic rings. The summed E-state index contributed by atoms with van der Waals surface area (Å²) in [5, 5.41) is 13.2. The number of aliphatic imine (C=N–C) groups is 1. The van der Waals surface area contributed by atoms with Crippen molar-refractivity contribution in [2.45, 2.75) is 64.0 Å². The molecule has 1 aliphatic heterocycles. The Labute approximate surface area is 313 Å². The zero-order chi connectivity index (χ0) is 37.8. The molecule has 0 spiro atoms. The Kier molecular flexibility index (Phi) is 17.0. The number of methoxy groups -OCH3 is 1. The smallest absolute Gasteiger partial charge is 0.258 e. The summed E-state index contributed by atoms with van der Waals surface area (Å²) in [5.41, 5.74) is 5.02. The maximum Gasteiger partial charge on any atom is 0.258 e. The molecule has 0 bridgehead atoms. The minimum Gasteiger partial charge on any atom is -0.385 e. The predicted octanol–water partition coefficient (Wildman–Crippen LogP) is 7.09. The van der Waals surface area contributed by atoms with Crippen molar-refractivity contribution in [3.63, 3.8) is 0 Å². The Morgan fingerprint density at radius 2 is 1.57 bits per heavy atom. The molecular formula is C41H55N7O5. The molecular weight excluding hydrogens is 670 g/mol. The van der Waals surface area contributed by atoms with Crippen LogP contribution in [0, 0.1) is 0 Å². The van der Waals surface area contributed by atoms with Crippen LogP contribution < -0.4 is 21.3 Å². The van der Waals surface area contributed by atoms with Crippen molar-refractivity contribution in [2.75, 3.05) is 74.7 Å². The molecule has 12 nitrogen and oxygen atoms in total. The molecule has 4 rings (SSSR count). The fourth-order valence-electron chi connectivity index (χ4n) is 6.47. The summed E-state index contributed by atoms with van der Waals surface area (Å²) in [6, 6.07) is 18.3. The standard InChI is InChI=1S/C41H55N7O5/c1-42-37-29-34(20-21-35(37)45-24-27-48-25-9-10-26-48)46-40(51)31-16-18-33(19-17-31)43-22-7-5-4-6-8-23-44-36-14-11-13-32(30-50)39(36)41(52)47(2)38(53-3)15-12-28-49/h11,13-14,16-21,28-30,38,43-45H,1,4-10,12,15,22-27H2,2-3H3,(H,46,51). The molecule has 1 atom stereocenters. The van der Waals surface area contributed by atoms with E-state index in [1.54, 1.807) is 25.2 Å². The molecule has 1 unspecified atom stereocenters. The number of likely N-dealkylation sites (tertiary alicyclic amines) is 1. The third-order valence-corrected chi connectivity index (χ3v) is 9.51. The molecule has 1 saturated heterocycles. The van der Waals surface area contributed by atoms with Gasteiger partial charge in [0.25, 0.3) is 11.8 Å². The number of nitrogens with zero attached hydrogens (tertiary/aromatic N) is 3. The van der Waals surface area contributed by atoms with E-state index < -0.39 is 6.23 Å². The molecule has 3 aromatic rings. The number of hydrogen-bond donors (Lipinski definition) is 4. The molecule has 0 aromatic heterocycles. The van der Waals surface area contributed by atoms with Gasteiger partial charge < -0.3 is 40.6 Å². The van der Waals surface area contributed by atoms with Crippen molar-refractivity contribution in [3.8, 4) is 0 Å². The summed E-state index contributed by atoms with van der Waals surface area (Å²) >= 11 is 0. The molecule has 1 heterocycles. The molecule has 4 N–H and O–H groups in total. The van der Waals surface area contributed by atoms with E-state index in [-0.39, 0.29) is 18.2 Å². The fraction of sp³-hybridized carbons (Fsp3) is 0.439. The molecule has 2 amide bonds. The van der Waals surface area contributed by atoms with Gasteiger partial charge in [0.2, 0.25) is 0 Å². The van der Waals surface area contributed by atoms with Crippen molar-refractivity contribution >= 4 is 59.5 Å². The van der Waals surface area contributed by atoms with Crippen molar-refractivity contribution in [3.05, 3.63) is 77.4 Å². The van der Waals surface area contributed by atoms with Crippen molar-refractivity contribution < 1.29 is 23.9 Å². The molecule has 284 valence electrons. The van der Waals surface area contributed by atoms with Crippen LogP contribution in [0.25, 0.3) is 0 Å². The summed E-state index contributed by atoms with van der Waals surface area (Å²) in [7, 11) is 3.11. The zero-order valence-electron chi connectivity index (χ0n) is 31.2. The highest BCUT2D eigenvalue weighted by Crippen LogP contribution is 2.29. The molecule has 0 radical (unpaired) electrons. The van der Waals surface area contributed by atoms with Crippen molar-refractivity contribution in [2.24, 2.45) is 4.99 Å². The lowest BCUT2D eigenvalue weighted by molar-refractivity contribution is -0.109. The minimum atomic E-state index is -0.573. The lowest BCUT2D eigenvalue weighted by atomic mass is 10.0. The van der Waals surface area contributed by atoms with Crippen LogP contribution in [-0.4, -0.2) is 101 Å². The molecule has 0 aliphatic carbocycles. The molecule has 1 fully saturated rings. The Balaban J connectivity index is 1.13. The average molecular weight is 726 g/mol. The van der Waals surface area contributed by atoms with Gasteiger partial charge in [-0.25, -0.2) is 0 Å². The number of unbranched alkanes of at least 4 members (excludes halogenated alkanes) is 4. The maximum absolute atomic E-state index is 13.4. The second-order valence-corrected chi connectivity index (χ2v) is 13.3. The first-order valence-electron chi connectivity index (χ1n) is 18.7. The van der Waals surface area contributed by atoms with E-state index >= 15 is 0 Å². The van der Waals surface area contributed by atoms with Gasteiger partial charge >= 0.3 is 0 Å². The van der Waals surface area contributed by atoms with Crippen LogP contribution >= 0.6 is 0 Å². The highest BCUT2D eigenvalue weighted by molar-refractivity contribution is 6.06. The van der Waals surface area contributed by atoms with Crippen LogP contribution in [-0.2, 0) is 9.53 Å². The lowest BCUT2D eigenvalue weighted by Gasteiger charge is -2.28. The zero-order valence-corrected chi connectivity index (χ0v) is 31.2. The molecule has 0 saturated carbocycles. The first-order valence-corrected chi connectivity index (χ1v) is 18.7. The normalized spacial score (nSPS) is 13.2. The largest absolute Gasteiger partial charge is 0.385 e. The Morgan fingerprint density at radius 1 is 0.887 bits per heavy atom. The summed E-state index contributed by atoms with van der Waals surface area (Å²) in [6.07, 6.45) is 9.17.